The maximum atomic E-state index is 13.0. The summed E-state index contributed by atoms with van der Waals surface area (Å²) in [6.45, 7) is 1.65. The predicted octanol–water partition coefficient (Wildman–Crippen LogP) is 2.02. The van der Waals surface area contributed by atoms with Crippen LogP contribution in [-0.2, 0) is 0 Å². The van der Waals surface area contributed by atoms with Gasteiger partial charge in [-0.25, -0.2) is 4.39 Å². The van der Waals surface area contributed by atoms with Crippen LogP contribution >= 0.6 is 11.6 Å². The summed E-state index contributed by atoms with van der Waals surface area (Å²) in [6, 6.07) is 4.75. The minimum Gasteiger partial charge on any atom is -0.370 e. The van der Waals surface area contributed by atoms with Crippen LogP contribution in [0.1, 0.15) is 6.42 Å². The minimum atomic E-state index is -0.298. The molecule has 4 heteroatoms. The van der Waals surface area contributed by atoms with E-state index < -0.39 is 0 Å². The number of hydrogen-bond donors (Lipinski definition) is 1. The summed E-state index contributed by atoms with van der Waals surface area (Å²) in [5.41, 5.74) is 6.59. The Kier molecular flexibility index (Phi) is 2.61. The fourth-order valence-corrected chi connectivity index (χ4v) is 1.96. The molecule has 0 amide bonds. The van der Waals surface area contributed by atoms with Crippen LogP contribution in [0.2, 0.25) is 5.02 Å². The standard InChI is InChI=1S/C10H12ClFN2/c11-7-3-8(12)5-10(4-7)14-2-1-9(13)6-14/h3-5,9H,1-2,6,13H2. The van der Waals surface area contributed by atoms with E-state index in [4.69, 9.17) is 17.3 Å². The lowest BCUT2D eigenvalue weighted by atomic mass is 10.3. The molecule has 1 aliphatic heterocycles. The molecule has 0 bridgehead atoms. The second-order valence-corrected chi connectivity index (χ2v) is 4.06. The van der Waals surface area contributed by atoms with Gasteiger partial charge in [-0.3, -0.25) is 0 Å². The number of nitrogens with two attached hydrogens (primary N) is 1. The van der Waals surface area contributed by atoms with Gasteiger partial charge in [0.15, 0.2) is 0 Å². The van der Waals surface area contributed by atoms with Crippen molar-refractivity contribution in [2.75, 3.05) is 18.0 Å². The van der Waals surface area contributed by atoms with Crippen molar-refractivity contribution in [3.8, 4) is 0 Å². The number of nitrogens with zero attached hydrogens (tertiary/aromatic N) is 1. The fraction of sp³-hybridized carbons (Fsp3) is 0.400. The zero-order chi connectivity index (χ0) is 10.1. The van der Waals surface area contributed by atoms with Gasteiger partial charge >= 0.3 is 0 Å². The molecule has 1 aliphatic rings. The molecule has 0 aromatic heterocycles. The number of hydrogen-bond acceptors (Lipinski definition) is 2. The molecule has 76 valence electrons. The van der Waals surface area contributed by atoms with E-state index in [0.717, 1.165) is 25.2 Å². The van der Waals surface area contributed by atoms with Crippen molar-refractivity contribution in [2.24, 2.45) is 5.73 Å². The van der Waals surface area contributed by atoms with Gasteiger partial charge in [-0.05, 0) is 24.6 Å². The van der Waals surface area contributed by atoms with Gasteiger partial charge in [0.05, 0.1) is 0 Å². The number of benzene rings is 1. The zero-order valence-corrected chi connectivity index (χ0v) is 8.47. The molecule has 14 heavy (non-hydrogen) atoms. The number of rotatable bonds is 1. The first kappa shape index (κ1) is 9.74. The Morgan fingerprint density at radius 2 is 2.21 bits per heavy atom. The normalized spacial score (nSPS) is 21.6. The van der Waals surface area contributed by atoms with Gasteiger partial charge in [0.2, 0.25) is 0 Å². The molecule has 1 unspecified atom stereocenters. The van der Waals surface area contributed by atoms with Crippen LogP contribution < -0.4 is 10.6 Å². The average Bonchev–Trinajstić information content (AvgIpc) is 2.50. The Bertz CT molecular complexity index is 323. The second-order valence-electron chi connectivity index (χ2n) is 3.62. The molecule has 0 spiro atoms. The number of anilines is 1. The molecule has 2 rings (SSSR count). The lowest BCUT2D eigenvalue weighted by Gasteiger charge is -2.18. The molecular weight excluding hydrogens is 203 g/mol. The van der Waals surface area contributed by atoms with E-state index >= 15 is 0 Å². The average molecular weight is 215 g/mol. The molecule has 2 N–H and O–H groups in total. The van der Waals surface area contributed by atoms with Crippen molar-refractivity contribution < 1.29 is 4.39 Å². The third-order valence-corrected chi connectivity index (χ3v) is 2.66. The van der Waals surface area contributed by atoms with Crippen LogP contribution in [0.4, 0.5) is 10.1 Å². The van der Waals surface area contributed by atoms with Gasteiger partial charge in [-0.2, -0.15) is 0 Å². The van der Waals surface area contributed by atoms with E-state index in [9.17, 15) is 4.39 Å². The maximum Gasteiger partial charge on any atom is 0.126 e. The van der Waals surface area contributed by atoms with Crippen molar-refractivity contribution in [1.29, 1.82) is 0 Å². The molecule has 2 nitrogen and oxygen atoms in total. The van der Waals surface area contributed by atoms with E-state index in [1.54, 1.807) is 6.07 Å². The molecular formula is C10H12ClFN2. The summed E-state index contributed by atoms with van der Waals surface area (Å²) in [4.78, 5) is 2.06. The Labute approximate surface area is 87.5 Å². The molecule has 1 saturated heterocycles. The van der Waals surface area contributed by atoms with E-state index in [0.29, 0.717) is 5.02 Å². The van der Waals surface area contributed by atoms with E-state index in [-0.39, 0.29) is 11.9 Å². The largest absolute Gasteiger partial charge is 0.370 e. The molecule has 1 heterocycles. The predicted molar refractivity (Wildman–Crippen MR) is 56.2 cm³/mol. The van der Waals surface area contributed by atoms with Crippen LogP contribution in [0.15, 0.2) is 18.2 Å². The van der Waals surface area contributed by atoms with Gasteiger partial charge in [-0.15, -0.1) is 0 Å². The van der Waals surface area contributed by atoms with Crippen molar-refractivity contribution in [2.45, 2.75) is 12.5 Å². The SMILES string of the molecule is NC1CCN(c2cc(F)cc(Cl)c2)C1. The monoisotopic (exact) mass is 214 g/mol. The smallest absolute Gasteiger partial charge is 0.126 e. The molecule has 1 atom stereocenters. The lowest BCUT2D eigenvalue weighted by Crippen LogP contribution is -2.26. The number of halogens is 2. The third kappa shape index (κ3) is 1.99. The van der Waals surface area contributed by atoms with Crippen LogP contribution in [-0.4, -0.2) is 19.1 Å². The van der Waals surface area contributed by atoms with Crippen LogP contribution in [0.5, 0.6) is 0 Å². The Hall–Kier alpha value is -0.800. The molecule has 0 radical (unpaired) electrons. The first-order valence-electron chi connectivity index (χ1n) is 4.62. The van der Waals surface area contributed by atoms with Crippen molar-refractivity contribution in [3.05, 3.63) is 29.0 Å². The highest BCUT2D eigenvalue weighted by Crippen LogP contribution is 2.24. The zero-order valence-electron chi connectivity index (χ0n) is 7.71. The molecule has 0 aliphatic carbocycles. The summed E-state index contributed by atoms with van der Waals surface area (Å²) in [7, 11) is 0. The molecule has 0 saturated carbocycles. The highest BCUT2D eigenvalue weighted by atomic mass is 35.5. The maximum absolute atomic E-state index is 13.0. The molecule has 1 aromatic carbocycles. The van der Waals surface area contributed by atoms with Crippen LogP contribution in [0, 0.1) is 5.82 Å². The quantitative estimate of drug-likeness (QED) is 0.775. The third-order valence-electron chi connectivity index (χ3n) is 2.44. The fourth-order valence-electron chi connectivity index (χ4n) is 1.74. The highest BCUT2D eigenvalue weighted by Gasteiger charge is 2.19. The van der Waals surface area contributed by atoms with E-state index in [2.05, 4.69) is 4.90 Å². The van der Waals surface area contributed by atoms with Gasteiger partial charge < -0.3 is 10.6 Å². The summed E-state index contributed by atoms with van der Waals surface area (Å²) in [5, 5.41) is 0.431. The van der Waals surface area contributed by atoms with Gasteiger partial charge in [-0.1, -0.05) is 11.6 Å². The topological polar surface area (TPSA) is 29.3 Å². The van der Waals surface area contributed by atoms with E-state index in [1.165, 1.54) is 12.1 Å². The summed E-state index contributed by atoms with van der Waals surface area (Å²) < 4.78 is 13.0. The van der Waals surface area contributed by atoms with Gasteiger partial charge in [0.1, 0.15) is 5.82 Å². The van der Waals surface area contributed by atoms with Gasteiger partial charge in [0, 0.05) is 29.8 Å². The van der Waals surface area contributed by atoms with E-state index in [1.807, 2.05) is 0 Å². The summed E-state index contributed by atoms with van der Waals surface area (Å²) in [6.07, 6.45) is 0.953. The summed E-state index contributed by atoms with van der Waals surface area (Å²) in [5.74, 6) is -0.298. The Balaban J connectivity index is 2.23. The van der Waals surface area contributed by atoms with Crippen molar-refractivity contribution in [1.82, 2.24) is 0 Å². The van der Waals surface area contributed by atoms with Gasteiger partial charge in [0.25, 0.3) is 0 Å². The lowest BCUT2D eigenvalue weighted by molar-refractivity contribution is 0.627. The highest BCUT2D eigenvalue weighted by molar-refractivity contribution is 6.30. The molecule has 1 aromatic rings. The first-order valence-corrected chi connectivity index (χ1v) is 4.99. The Morgan fingerprint density at radius 3 is 2.79 bits per heavy atom. The van der Waals surface area contributed by atoms with Crippen molar-refractivity contribution >= 4 is 17.3 Å². The molecule has 1 fully saturated rings. The summed E-state index contributed by atoms with van der Waals surface area (Å²) >= 11 is 5.77. The minimum absolute atomic E-state index is 0.192. The second kappa shape index (κ2) is 3.75. The Morgan fingerprint density at radius 1 is 1.43 bits per heavy atom. The van der Waals surface area contributed by atoms with Crippen LogP contribution in [0.3, 0.4) is 0 Å². The first-order chi connectivity index (χ1) is 6.65. The van der Waals surface area contributed by atoms with Crippen LogP contribution in [0.25, 0.3) is 0 Å². The van der Waals surface area contributed by atoms with Crippen molar-refractivity contribution in [3.63, 3.8) is 0 Å².